The molecule has 1 aromatic heterocycles. The molecule has 0 aliphatic rings. The van der Waals surface area contributed by atoms with Crippen molar-refractivity contribution >= 4 is 17.2 Å². The van der Waals surface area contributed by atoms with Crippen LogP contribution in [0.25, 0.3) is 0 Å². The number of aryl methyl sites for hydroxylation is 2. The summed E-state index contributed by atoms with van der Waals surface area (Å²) in [4.78, 5) is 0.426. The summed E-state index contributed by atoms with van der Waals surface area (Å²) in [5, 5.41) is 4.20. The lowest BCUT2D eigenvalue weighted by atomic mass is 10.2. The van der Waals surface area contributed by atoms with Crippen LogP contribution in [0.3, 0.4) is 0 Å². The number of nitrogens with two attached hydrogens (primary N) is 1. The van der Waals surface area contributed by atoms with Gasteiger partial charge < -0.3 is 5.73 Å². The first-order chi connectivity index (χ1) is 5.15. The van der Waals surface area contributed by atoms with E-state index in [1.807, 2.05) is 20.2 Å². The maximum absolute atomic E-state index is 5.48. The third-order valence-corrected chi connectivity index (χ3v) is 1.73. The second-order valence-corrected chi connectivity index (χ2v) is 2.82. The Morgan fingerprint density at radius 1 is 1.82 bits per heavy atom. The lowest BCUT2D eigenvalue weighted by Crippen LogP contribution is -2.10. The molecular formula is C7H11N3S. The van der Waals surface area contributed by atoms with Gasteiger partial charge in [-0.15, -0.1) is 0 Å². The van der Waals surface area contributed by atoms with Crippen LogP contribution in [0.1, 0.15) is 18.2 Å². The van der Waals surface area contributed by atoms with Crippen LogP contribution in [0.4, 0.5) is 0 Å². The van der Waals surface area contributed by atoms with Crippen LogP contribution < -0.4 is 5.73 Å². The van der Waals surface area contributed by atoms with Gasteiger partial charge in [0.15, 0.2) is 0 Å². The molecule has 60 valence electrons. The minimum atomic E-state index is 0.426. The molecule has 2 N–H and O–H groups in total. The number of aromatic nitrogens is 2. The average molecular weight is 169 g/mol. The average Bonchev–Trinajstić information content (AvgIpc) is 2.30. The van der Waals surface area contributed by atoms with E-state index in [2.05, 4.69) is 5.10 Å². The molecule has 0 saturated carbocycles. The lowest BCUT2D eigenvalue weighted by Gasteiger charge is -1.93. The zero-order valence-electron chi connectivity index (χ0n) is 6.66. The summed E-state index contributed by atoms with van der Waals surface area (Å²) in [5.74, 6) is 0. The lowest BCUT2D eigenvalue weighted by molar-refractivity contribution is 0.746. The SMILES string of the molecule is CCc1nn(C)cc1C(N)=S. The highest BCUT2D eigenvalue weighted by Gasteiger charge is 2.06. The molecule has 0 atom stereocenters. The van der Waals surface area contributed by atoms with Crippen molar-refractivity contribution < 1.29 is 0 Å². The Bertz CT molecular complexity index is 277. The molecule has 3 nitrogen and oxygen atoms in total. The van der Waals surface area contributed by atoms with Crippen LogP contribution in [-0.4, -0.2) is 14.8 Å². The van der Waals surface area contributed by atoms with Gasteiger partial charge in [-0.2, -0.15) is 5.10 Å². The minimum Gasteiger partial charge on any atom is -0.389 e. The zero-order chi connectivity index (χ0) is 8.43. The molecule has 0 aliphatic carbocycles. The fourth-order valence-electron chi connectivity index (χ4n) is 1.00. The number of hydrogen-bond donors (Lipinski definition) is 1. The van der Waals surface area contributed by atoms with Crippen LogP contribution in [0.5, 0.6) is 0 Å². The Kier molecular flexibility index (Phi) is 2.24. The summed E-state index contributed by atoms with van der Waals surface area (Å²) < 4.78 is 1.73. The number of rotatable bonds is 2. The van der Waals surface area contributed by atoms with Crippen molar-refractivity contribution in [1.82, 2.24) is 9.78 Å². The van der Waals surface area contributed by atoms with Crippen molar-refractivity contribution in [3.63, 3.8) is 0 Å². The Labute approximate surface area is 71.2 Å². The van der Waals surface area contributed by atoms with Gasteiger partial charge in [-0.05, 0) is 6.42 Å². The topological polar surface area (TPSA) is 43.8 Å². The highest BCUT2D eigenvalue weighted by Crippen LogP contribution is 2.05. The first-order valence-electron chi connectivity index (χ1n) is 3.47. The predicted molar refractivity (Wildman–Crippen MR) is 48.5 cm³/mol. The summed E-state index contributed by atoms with van der Waals surface area (Å²) in [6, 6.07) is 0. The first-order valence-corrected chi connectivity index (χ1v) is 3.88. The standard InChI is InChI=1S/C7H11N3S/c1-3-6-5(7(8)11)4-10(2)9-6/h4H,3H2,1-2H3,(H2,8,11). The van der Waals surface area contributed by atoms with Gasteiger partial charge in [0.25, 0.3) is 0 Å². The molecule has 0 saturated heterocycles. The summed E-state index contributed by atoms with van der Waals surface area (Å²) in [7, 11) is 1.86. The monoisotopic (exact) mass is 169 g/mol. The zero-order valence-corrected chi connectivity index (χ0v) is 7.48. The van der Waals surface area contributed by atoms with E-state index in [1.54, 1.807) is 4.68 Å². The van der Waals surface area contributed by atoms with Gasteiger partial charge in [0.1, 0.15) is 4.99 Å². The fourth-order valence-corrected chi connectivity index (χ4v) is 1.17. The smallest absolute Gasteiger partial charge is 0.107 e. The molecule has 1 heterocycles. The molecule has 0 fully saturated rings. The van der Waals surface area contributed by atoms with Gasteiger partial charge in [0.05, 0.1) is 5.69 Å². The van der Waals surface area contributed by atoms with Crippen LogP contribution in [0.15, 0.2) is 6.20 Å². The van der Waals surface area contributed by atoms with Crippen LogP contribution in [0.2, 0.25) is 0 Å². The molecular weight excluding hydrogens is 158 g/mol. The molecule has 0 aromatic carbocycles. The van der Waals surface area contributed by atoms with E-state index >= 15 is 0 Å². The summed E-state index contributed by atoms with van der Waals surface area (Å²) >= 11 is 4.85. The van der Waals surface area contributed by atoms with Gasteiger partial charge >= 0.3 is 0 Å². The van der Waals surface area contributed by atoms with Crippen LogP contribution in [0, 0.1) is 0 Å². The number of nitrogens with zero attached hydrogens (tertiary/aromatic N) is 2. The van der Waals surface area contributed by atoms with E-state index in [9.17, 15) is 0 Å². The van der Waals surface area contributed by atoms with Gasteiger partial charge in [-0.25, -0.2) is 0 Å². The second-order valence-electron chi connectivity index (χ2n) is 2.38. The maximum atomic E-state index is 5.48. The molecule has 0 bridgehead atoms. The van der Waals surface area contributed by atoms with Gasteiger partial charge in [-0.1, -0.05) is 19.1 Å². The second kappa shape index (κ2) is 3.00. The molecule has 0 spiro atoms. The maximum Gasteiger partial charge on any atom is 0.107 e. The Hall–Kier alpha value is -0.900. The molecule has 0 amide bonds. The first kappa shape index (κ1) is 8.20. The van der Waals surface area contributed by atoms with E-state index in [-0.39, 0.29) is 0 Å². The van der Waals surface area contributed by atoms with Crippen molar-refractivity contribution in [2.45, 2.75) is 13.3 Å². The predicted octanol–water partition coefficient (Wildman–Crippen LogP) is 0.617. The Morgan fingerprint density at radius 2 is 2.45 bits per heavy atom. The summed E-state index contributed by atoms with van der Waals surface area (Å²) in [5.41, 5.74) is 7.35. The van der Waals surface area contributed by atoms with Crippen LogP contribution >= 0.6 is 12.2 Å². The largest absolute Gasteiger partial charge is 0.389 e. The third kappa shape index (κ3) is 1.57. The molecule has 11 heavy (non-hydrogen) atoms. The normalized spacial score (nSPS) is 10.0. The van der Waals surface area contributed by atoms with Crippen molar-refractivity contribution in [3.05, 3.63) is 17.5 Å². The van der Waals surface area contributed by atoms with Gasteiger partial charge in [-0.3, -0.25) is 4.68 Å². The molecule has 0 aliphatic heterocycles. The number of hydrogen-bond acceptors (Lipinski definition) is 2. The van der Waals surface area contributed by atoms with Gasteiger partial charge in [0, 0.05) is 18.8 Å². The minimum absolute atomic E-state index is 0.426. The highest BCUT2D eigenvalue weighted by molar-refractivity contribution is 7.80. The molecule has 0 unspecified atom stereocenters. The molecule has 1 aromatic rings. The fraction of sp³-hybridized carbons (Fsp3) is 0.429. The van der Waals surface area contributed by atoms with E-state index in [1.165, 1.54) is 0 Å². The van der Waals surface area contributed by atoms with Gasteiger partial charge in [0.2, 0.25) is 0 Å². The third-order valence-electron chi connectivity index (χ3n) is 1.51. The van der Waals surface area contributed by atoms with E-state index in [0.717, 1.165) is 17.7 Å². The Morgan fingerprint density at radius 3 is 2.82 bits per heavy atom. The number of thiocarbonyl (C=S) groups is 1. The van der Waals surface area contributed by atoms with Crippen molar-refractivity contribution in [2.24, 2.45) is 12.8 Å². The quantitative estimate of drug-likeness (QED) is 0.660. The highest BCUT2D eigenvalue weighted by atomic mass is 32.1. The molecule has 0 radical (unpaired) electrons. The van der Waals surface area contributed by atoms with Crippen molar-refractivity contribution in [2.75, 3.05) is 0 Å². The Balaban J connectivity index is 3.12. The van der Waals surface area contributed by atoms with E-state index in [4.69, 9.17) is 18.0 Å². The molecule has 1 rings (SSSR count). The molecule has 4 heteroatoms. The summed E-state index contributed by atoms with van der Waals surface area (Å²) in [6.45, 7) is 2.03. The van der Waals surface area contributed by atoms with E-state index in [0.29, 0.717) is 4.99 Å². The van der Waals surface area contributed by atoms with Crippen molar-refractivity contribution in [3.8, 4) is 0 Å². The van der Waals surface area contributed by atoms with Crippen LogP contribution in [-0.2, 0) is 13.5 Å². The van der Waals surface area contributed by atoms with Crippen molar-refractivity contribution in [1.29, 1.82) is 0 Å². The van der Waals surface area contributed by atoms with E-state index < -0.39 is 0 Å². The summed E-state index contributed by atoms with van der Waals surface area (Å²) in [6.07, 6.45) is 2.72.